The highest BCUT2D eigenvalue weighted by molar-refractivity contribution is 5.72. The first-order valence-corrected chi connectivity index (χ1v) is 9.73. The van der Waals surface area contributed by atoms with E-state index in [-0.39, 0.29) is 5.97 Å². The maximum atomic E-state index is 11.7. The summed E-state index contributed by atoms with van der Waals surface area (Å²) in [6, 6.07) is 9.25. The van der Waals surface area contributed by atoms with Crippen molar-refractivity contribution in [2.75, 3.05) is 0 Å². The molecule has 0 saturated carbocycles. The third-order valence-corrected chi connectivity index (χ3v) is 4.13. The highest BCUT2D eigenvalue weighted by Gasteiger charge is 2.02. The normalized spacial score (nSPS) is 11.0. The fourth-order valence-corrected chi connectivity index (χ4v) is 2.68. The molecule has 0 heterocycles. The Bertz CT molecular complexity index is 437. The monoisotopic (exact) mass is 330 g/mol. The minimum Gasteiger partial charge on any atom is -0.427 e. The zero-order chi connectivity index (χ0) is 17.3. The van der Waals surface area contributed by atoms with E-state index < -0.39 is 0 Å². The van der Waals surface area contributed by atoms with E-state index in [1.165, 1.54) is 57.8 Å². The average Bonchev–Trinajstić information content (AvgIpc) is 2.60. The first-order chi connectivity index (χ1) is 11.8. The Labute approximate surface area is 148 Å². The topological polar surface area (TPSA) is 26.3 Å². The molecule has 1 aromatic rings. The average molecular weight is 331 g/mol. The third kappa shape index (κ3) is 11.9. The number of carbonyl (C=O) groups excluding carboxylic acids is 1. The Hall–Kier alpha value is -1.57. The summed E-state index contributed by atoms with van der Waals surface area (Å²) < 4.78 is 5.25. The van der Waals surface area contributed by atoms with Crippen molar-refractivity contribution in [1.82, 2.24) is 0 Å². The van der Waals surface area contributed by atoms with Gasteiger partial charge in [-0.15, -0.1) is 0 Å². The summed E-state index contributed by atoms with van der Waals surface area (Å²) in [5.74, 6) is 0.468. The van der Waals surface area contributed by atoms with Gasteiger partial charge in [0, 0.05) is 6.42 Å². The number of esters is 1. The number of carbonyl (C=O) groups is 1. The van der Waals surface area contributed by atoms with Crippen molar-refractivity contribution in [2.45, 2.75) is 84.0 Å². The van der Waals surface area contributed by atoms with Gasteiger partial charge in [-0.25, -0.2) is 0 Å². The van der Waals surface area contributed by atoms with Gasteiger partial charge in [0.05, 0.1) is 0 Å². The zero-order valence-electron chi connectivity index (χ0n) is 15.3. The lowest BCUT2D eigenvalue weighted by atomic mass is 10.1. The molecule has 0 aliphatic carbocycles. The molecule has 0 spiro atoms. The van der Waals surface area contributed by atoms with Crippen LogP contribution in [0.1, 0.15) is 84.0 Å². The number of ether oxygens (including phenoxy) is 1. The van der Waals surface area contributed by atoms with Gasteiger partial charge in [-0.3, -0.25) is 4.79 Å². The molecular weight excluding hydrogens is 296 g/mol. The van der Waals surface area contributed by atoms with Crippen LogP contribution in [0.25, 0.3) is 0 Å². The molecule has 2 heteroatoms. The molecule has 134 valence electrons. The number of rotatable bonds is 14. The molecule has 2 nitrogen and oxygen atoms in total. The van der Waals surface area contributed by atoms with Gasteiger partial charge in [0.1, 0.15) is 5.75 Å². The number of unbranched alkanes of at least 4 members (excludes halogenated alkanes) is 9. The standard InChI is InChI=1S/C22H34O2/c1-2-3-4-5-6-7-8-9-10-11-12-13-17-20-22(23)24-21-18-15-14-16-19-21/h12-16,18-19H,2-11,17,20H2,1H3/b13-12+. The Morgan fingerprint density at radius 1 is 0.833 bits per heavy atom. The molecule has 0 aromatic heterocycles. The summed E-state index contributed by atoms with van der Waals surface area (Å²) in [5, 5.41) is 0. The van der Waals surface area contributed by atoms with Crippen LogP contribution in [-0.2, 0) is 4.79 Å². The van der Waals surface area contributed by atoms with Crippen molar-refractivity contribution in [3.63, 3.8) is 0 Å². The summed E-state index contributed by atoms with van der Waals surface area (Å²) in [5.41, 5.74) is 0. The fraction of sp³-hybridized carbons (Fsp3) is 0.591. The minimum absolute atomic E-state index is 0.158. The minimum atomic E-state index is -0.158. The van der Waals surface area contributed by atoms with Gasteiger partial charge in [0.15, 0.2) is 0 Å². The number of hydrogen-bond donors (Lipinski definition) is 0. The Morgan fingerprint density at radius 3 is 2.08 bits per heavy atom. The van der Waals surface area contributed by atoms with E-state index in [1.807, 2.05) is 18.2 Å². The smallest absolute Gasteiger partial charge is 0.311 e. The summed E-state index contributed by atoms with van der Waals surface area (Å²) >= 11 is 0. The van der Waals surface area contributed by atoms with Gasteiger partial charge in [-0.2, -0.15) is 0 Å². The van der Waals surface area contributed by atoms with E-state index in [2.05, 4.69) is 19.1 Å². The number of allylic oxidation sites excluding steroid dienone is 2. The highest BCUT2D eigenvalue weighted by atomic mass is 16.5. The molecule has 1 rings (SSSR count). The number of benzene rings is 1. The van der Waals surface area contributed by atoms with Gasteiger partial charge in [0.2, 0.25) is 0 Å². The second-order valence-corrected chi connectivity index (χ2v) is 6.41. The first kappa shape index (κ1) is 20.5. The first-order valence-electron chi connectivity index (χ1n) is 9.73. The second-order valence-electron chi connectivity index (χ2n) is 6.41. The van der Waals surface area contributed by atoms with Gasteiger partial charge in [0.25, 0.3) is 0 Å². The lowest BCUT2D eigenvalue weighted by Crippen LogP contribution is -2.06. The second kappa shape index (κ2) is 15.0. The van der Waals surface area contributed by atoms with E-state index in [1.54, 1.807) is 12.1 Å². The molecule has 0 radical (unpaired) electrons. The van der Waals surface area contributed by atoms with E-state index in [4.69, 9.17) is 4.74 Å². The Kier molecular flexibility index (Phi) is 12.8. The van der Waals surface area contributed by atoms with Crippen LogP contribution in [0.3, 0.4) is 0 Å². The molecule has 1 aromatic carbocycles. The van der Waals surface area contributed by atoms with Gasteiger partial charge >= 0.3 is 5.97 Å². The van der Waals surface area contributed by atoms with Gasteiger partial charge in [-0.1, -0.05) is 88.6 Å². The maximum absolute atomic E-state index is 11.7. The van der Waals surface area contributed by atoms with Crippen LogP contribution >= 0.6 is 0 Å². The Morgan fingerprint density at radius 2 is 1.42 bits per heavy atom. The predicted molar refractivity (Wildman–Crippen MR) is 102 cm³/mol. The summed E-state index contributed by atoms with van der Waals surface area (Å²) in [4.78, 5) is 11.7. The maximum Gasteiger partial charge on any atom is 0.311 e. The van der Waals surface area contributed by atoms with Crippen molar-refractivity contribution in [3.8, 4) is 5.75 Å². The van der Waals surface area contributed by atoms with Crippen LogP contribution in [0.15, 0.2) is 42.5 Å². The largest absolute Gasteiger partial charge is 0.427 e. The Balaban J connectivity index is 1.88. The lowest BCUT2D eigenvalue weighted by Gasteiger charge is -2.02. The zero-order valence-corrected chi connectivity index (χ0v) is 15.3. The van der Waals surface area contributed by atoms with Crippen molar-refractivity contribution >= 4 is 5.97 Å². The van der Waals surface area contributed by atoms with Crippen LogP contribution < -0.4 is 4.74 Å². The highest BCUT2D eigenvalue weighted by Crippen LogP contribution is 2.12. The summed E-state index contributed by atoms with van der Waals surface area (Å²) in [7, 11) is 0. The van der Waals surface area contributed by atoms with E-state index in [0.717, 1.165) is 12.8 Å². The number of para-hydroxylation sites is 1. The lowest BCUT2D eigenvalue weighted by molar-refractivity contribution is -0.134. The fourth-order valence-electron chi connectivity index (χ4n) is 2.68. The van der Waals surface area contributed by atoms with E-state index in [9.17, 15) is 4.79 Å². The molecule has 0 bridgehead atoms. The molecule has 0 amide bonds. The van der Waals surface area contributed by atoms with Crippen molar-refractivity contribution in [1.29, 1.82) is 0 Å². The number of hydrogen-bond acceptors (Lipinski definition) is 2. The molecule has 0 N–H and O–H groups in total. The molecule has 0 saturated heterocycles. The van der Waals surface area contributed by atoms with Crippen LogP contribution in [0.4, 0.5) is 0 Å². The van der Waals surface area contributed by atoms with Gasteiger partial charge < -0.3 is 4.74 Å². The van der Waals surface area contributed by atoms with Crippen molar-refractivity contribution in [3.05, 3.63) is 42.5 Å². The van der Waals surface area contributed by atoms with Crippen LogP contribution in [0.2, 0.25) is 0 Å². The third-order valence-electron chi connectivity index (χ3n) is 4.13. The van der Waals surface area contributed by atoms with Gasteiger partial charge in [-0.05, 0) is 31.4 Å². The van der Waals surface area contributed by atoms with E-state index in [0.29, 0.717) is 12.2 Å². The van der Waals surface area contributed by atoms with E-state index >= 15 is 0 Å². The molecular formula is C22H34O2. The van der Waals surface area contributed by atoms with Crippen LogP contribution in [0, 0.1) is 0 Å². The molecule has 0 unspecified atom stereocenters. The molecule has 0 aliphatic rings. The SMILES string of the molecule is CCCCCCCCCCC/C=C/CCC(=O)Oc1ccccc1. The van der Waals surface area contributed by atoms with Crippen molar-refractivity contribution < 1.29 is 9.53 Å². The molecule has 0 fully saturated rings. The quantitative estimate of drug-likeness (QED) is 0.161. The summed E-state index contributed by atoms with van der Waals surface area (Å²) in [6.45, 7) is 2.26. The predicted octanol–water partition coefficient (Wildman–Crippen LogP) is 6.85. The van der Waals surface area contributed by atoms with Crippen LogP contribution in [0.5, 0.6) is 5.75 Å². The summed E-state index contributed by atoms with van der Waals surface area (Å²) in [6.07, 6.45) is 18.9. The van der Waals surface area contributed by atoms with Crippen LogP contribution in [-0.4, -0.2) is 5.97 Å². The van der Waals surface area contributed by atoms with Crippen molar-refractivity contribution in [2.24, 2.45) is 0 Å². The molecule has 0 aliphatic heterocycles. The molecule has 0 atom stereocenters. The molecule has 24 heavy (non-hydrogen) atoms.